The maximum atomic E-state index is 6.12. The van der Waals surface area contributed by atoms with Crippen LogP contribution in [-0.4, -0.2) is 6.04 Å². The van der Waals surface area contributed by atoms with Gasteiger partial charge in [0.2, 0.25) is 0 Å². The minimum Gasteiger partial charge on any atom is -0.327 e. The number of hydrogen-bond donors (Lipinski definition) is 1. The largest absolute Gasteiger partial charge is 0.327 e. The molecule has 1 aromatic rings. The first kappa shape index (κ1) is 12.0. The van der Waals surface area contributed by atoms with Gasteiger partial charge in [-0.25, -0.2) is 0 Å². The van der Waals surface area contributed by atoms with Gasteiger partial charge in [0.25, 0.3) is 0 Å². The van der Waals surface area contributed by atoms with E-state index >= 15 is 0 Å². The first-order valence-corrected chi connectivity index (χ1v) is 6.31. The Kier molecular flexibility index (Phi) is 3.91. The zero-order valence-corrected chi connectivity index (χ0v) is 10.6. The van der Waals surface area contributed by atoms with Crippen LogP contribution in [0, 0.1) is 0 Å². The SMILES string of the molecule is NC1CCCC(=Cc2c(Cl)cccc2Cl)C1. The van der Waals surface area contributed by atoms with Crippen molar-refractivity contribution in [1.82, 2.24) is 0 Å². The highest BCUT2D eigenvalue weighted by Gasteiger charge is 2.14. The molecule has 0 bridgehead atoms. The van der Waals surface area contributed by atoms with Gasteiger partial charge in [0.05, 0.1) is 0 Å². The minimum atomic E-state index is 0.293. The molecule has 86 valence electrons. The Balaban J connectivity index is 2.28. The fourth-order valence-electron chi connectivity index (χ4n) is 2.12. The molecule has 0 spiro atoms. The molecule has 1 aliphatic rings. The van der Waals surface area contributed by atoms with Crippen molar-refractivity contribution >= 4 is 29.3 Å². The van der Waals surface area contributed by atoms with Gasteiger partial charge < -0.3 is 5.73 Å². The number of benzene rings is 1. The lowest BCUT2D eigenvalue weighted by Crippen LogP contribution is -2.23. The van der Waals surface area contributed by atoms with Crippen molar-refractivity contribution in [2.45, 2.75) is 31.7 Å². The Morgan fingerprint density at radius 3 is 2.56 bits per heavy atom. The molecule has 0 heterocycles. The van der Waals surface area contributed by atoms with Gasteiger partial charge >= 0.3 is 0 Å². The van der Waals surface area contributed by atoms with Crippen molar-refractivity contribution < 1.29 is 0 Å². The molecule has 0 aliphatic heterocycles. The predicted octanol–water partition coefficient (Wildman–Crippen LogP) is 4.28. The minimum absolute atomic E-state index is 0.293. The average Bonchev–Trinajstić information content (AvgIpc) is 2.24. The Bertz CT molecular complexity index is 392. The molecule has 1 aliphatic carbocycles. The molecule has 0 amide bonds. The van der Waals surface area contributed by atoms with Crippen LogP contribution in [0.2, 0.25) is 10.0 Å². The van der Waals surface area contributed by atoms with Gasteiger partial charge in [-0.15, -0.1) is 0 Å². The summed E-state index contributed by atoms with van der Waals surface area (Å²) in [7, 11) is 0. The molecule has 0 saturated heterocycles. The molecular weight excluding hydrogens is 241 g/mol. The molecule has 2 rings (SSSR count). The number of halogens is 2. The van der Waals surface area contributed by atoms with E-state index in [1.54, 1.807) is 0 Å². The van der Waals surface area contributed by atoms with Crippen molar-refractivity contribution in [2.24, 2.45) is 5.73 Å². The topological polar surface area (TPSA) is 26.0 Å². The third-order valence-corrected chi connectivity index (χ3v) is 3.60. The molecule has 1 atom stereocenters. The second-order valence-electron chi connectivity index (χ2n) is 4.29. The Labute approximate surface area is 106 Å². The van der Waals surface area contributed by atoms with Gasteiger partial charge in [0.15, 0.2) is 0 Å². The number of rotatable bonds is 1. The van der Waals surface area contributed by atoms with Crippen molar-refractivity contribution in [3.63, 3.8) is 0 Å². The molecule has 3 heteroatoms. The Morgan fingerprint density at radius 2 is 1.94 bits per heavy atom. The fourth-order valence-corrected chi connectivity index (χ4v) is 2.62. The first-order valence-electron chi connectivity index (χ1n) is 5.56. The lowest BCUT2D eigenvalue weighted by Gasteiger charge is -2.20. The van der Waals surface area contributed by atoms with Gasteiger partial charge in [0, 0.05) is 21.7 Å². The molecule has 0 radical (unpaired) electrons. The summed E-state index contributed by atoms with van der Waals surface area (Å²) in [6, 6.07) is 5.88. The summed E-state index contributed by atoms with van der Waals surface area (Å²) in [5, 5.41) is 1.42. The highest BCUT2D eigenvalue weighted by Crippen LogP contribution is 2.30. The smallest absolute Gasteiger partial charge is 0.0493 e. The van der Waals surface area contributed by atoms with Gasteiger partial charge in [0.1, 0.15) is 0 Å². The normalized spacial score (nSPS) is 23.7. The van der Waals surface area contributed by atoms with E-state index in [4.69, 9.17) is 28.9 Å². The highest BCUT2D eigenvalue weighted by atomic mass is 35.5. The molecule has 2 N–H and O–H groups in total. The Hall–Kier alpha value is -0.500. The summed E-state index contributed by atoms with van der Waals surface area (Å²) in [5.74, 6) is 0. The van der Waals surface area contributed by atoms with E-state index in [9.17, 15) is 0 Å². The second-order valence-corrected chi connectivity index (χ2v) is 5.11. The van der Waals surface area contributed by atoms with E-state index in [0.29, 0.717) is 16.1 Å². The number of nitrogens with two attached hydrogens (primary N) is 1. The number of hydrogen-bond acceptors (Lipinski definition) is 1. The summed E-state index contributed by atoms with van der Waals surface area (Å²) in [6.07, 6.45) is 6.45. The average molecular weight is 256 g/mol. The third kappa shape index (κ3) is 2.79. The molecule has 16 heavy (non-hydrogen) atoms. The zero-order valence-electron chi connectivity index (χ0n) is 9.05. The van der Waals surface area contributed by atoms with Crippen LogP contribution in [0.1, 0.15) is 31.2 Å². The van der Waals surface area contributed by atoms with E-state index in [2.05, 4.69) is 6.08 Å². The van der Waals surface area contributed by atoms with Gasteiger partial charge in [-0.05, 0) is 37.8 Å². The van der Waals surface area contributed by atoms with Gasteiger partial charge in [-0.1, -0.05) is 40.9 Å². The quantitative estimate of drug-likeness (QED) is 0.797. The monoisotopic (exact) mass is 255 g/mol. The molecule has 1 unspecified atom stereocenters. The van der Waals surface area contributed by atoms with Crippen LogP contribution in [0.15, 0.2) is 23.8 Å². The molecule has 1 fully saturated rings. The van der Waals surface area contributed by atoms with Crippen molar-refractivity contribution in [1.29, 1.82) is 0 Å². The van der Waals surface area contributed by atoms with Crippen LogP contribution >= 0.6 is 23.2 Å². The Morgan fingerprint density at radius 1 is 1.25 bits per heavy atom. The summed E-state index contributed by atoms with van der Waals surface area (Å²) >= 11 is 12.2. The van der Waals surface area contributed by atoms with Crippen LogP contribution in [0.3, 0.4) is 0 Å². The fraction of sp³-hybridized carbons (Fsp3) is 0.385. The summed E-state index contributed by atoms with van der Waals surface area (Å²) in [6.45, 7) is 0. The van der Waals surface area contributed by atoms with Crippen LogP contribution in [-0.2, 0) is 0 Å². The third-order valence-electron chi connectivity index (χ3n) is 2.95. The molecule has 1 saturated carbocycles. The summed E-state index contributed by atoms with van der Waals surface area (Å²) in [5.41, 5.74) is 8.23. The van der Waals surface area contributed by atoms with Crippen LogP contribution in [0.25, 0.3) is 6.08 Å². The molecule has 0 aromatic heterocycles. The van der Waals surface area contributed by atoms with E-state index in [1.165, 1.54) is 5.57 Å². The van der Waals surface area contributed by atoms with Crippen molar-refractivity contribution in [3.05, 3.63) is 39.4 Å². The highest BCUT2D eigenvalue weighted by molar-refractivity contribution is 6.37. The molecule has 1 aromatic carbocycles. The van der Waals surface area contributed by atoms with Crippen LogP contribution in [0.5, 0.6) is 0 Å². The maximum Gasteiger partial charge on any atom is 0.0493 e. The van der Waals surface area contributed by atoms with E-state index in [0.717, 1.165) is 31.2 Å². The summed E-state index contributed by atoms with van der Waals surface area (Å²) in [4.78, 5) is 0. The molecular formula is C13H15Cl2N. The predicted molar refractivity (Wildman–Crippen MR) is 70.9 cm³/mol. The first-order chi connectivity index (χ1) is 7.66. The van der Waals surface area contributed by atoms with E-state index in [-0.39, 0.29) is 0 Å². The van der Waals surface area contributed by atoms with Gasteiger partial charge in [-0.3, -0.25) is 0 Å². The lowest BCUT2D eigenvalue weighted by molar-refractivity contribution is 0.520. The van der Waals surface area contributed by atoms with Crippen LogP contribution in [0.4, 0.5) is 0 Å². The van der Waals surface area contributed by atoms with Crippen LogP contribution < -0.4 is 5.73 Å². The summed E-state index contributed by atoms with van der Waals surface area (Å²) < 4.78 is 0. The second kappa shape index (κ2) is 5.22. The van der Waals surface area contributed by atoms with E-state index in [1.807, 2.05) is 18.2 Å². The van der Waals surface area contributed by atoms with Crippen molar-refractivity contribution in [2.75, 3.05) is 0 Å². The van der Waals surface area contributed by atoms with Gasteiger partial charge in [-0.2, -0.15) is 0 Å². The van der Waals surface area contributed by atoms with E-state index < -0.39 is 0 Å². The zero-order chi connectivity index (χ0) is 11.5. The lowest BCUT2D eigenvalue weighted by atomic mass is 9.90. The standard InChI is InChI=1S/C13H15Cl2N/c14-12-5-2-6-13(15)11(12)8-9-3-1-4-10(16)7-9/h2,5-6,8,10H,1,3-4,7,16H2. The van der Waals surface area contributed by atoms with Crippen molar-refractivity contribution in [3.8, 4) is 0 Å². The maximum absolute atomic E-state index is 6.12. The molecule has 1 nitrogen and oxygen atoms in total.